The quantitative estimate of drug-likeness (QED) is 0.364. The SMILES string of the molecule is CCC(C)N(CC(=O)N(Cc1ccccc1)Cc1cccs1)C(=O)c1cccc(Br)c1. The summed E-state index contributed by atoms with van der Waals surface area (Å²) in [5, 5.41) is 2.02. The maximum atomic E-state index is 13.4. The zero-order chi connectivity index (χ0) is 22.2. The Morgan fingerprint density at radius 3 is 2.42 bits per heavy atom. The van der Waals surface area contributed by atoms with Gasteiger partial charge in [0.05, 0.1) is 6.54 Å². The highest BCUT2D eigenvalue weighted by molar-refractivity contribution is 9.10. The molecule has 0 saturated heterocycles. The minimum atomic E-state index is -0.125. The third-order valence-electron chi connectivity index (χ3n) is 5.26. The Hall–Kier alpha value is -2.44. The number of rotatable bonds is 9. The van der Waals surface area contributed by atoms with Crippen LogP contribution in [0.5, 0.6) is 0 Å². The fourth-order valence-electron chi connectivity index (χ4n) is 3.31. The lowest BCUT2D eigenvalue weighted by molar-refractivity contribution is -0.133. The predicted octanol–water partition coefficient (Wildman–Crippen LogP) is 5.98. The van der Waals surface area contributed by atoms with E-state index in [9.17, 15) is 9.59 Å². The summed E-state index contributed by atoms with van der Waals surface area (Å²) in [6.45, 7) is 5.12. The van der Waals surface area contributed by atoms with Crippen LogP contribution in [0.2, 0.25) is 0 Å². The van der Waals surface area contributed by atoms with Crippen molar-refractivity contribution in [3.05, 3.63) is 92.6 Å². The molecule has 0 spiro atoms. The molecule has 0 radical (unpaired) electrons. The summed E-state index contributed by atoms with van der Waals surface area (Å²) in [6.07, 6.45) is 0.774. The van der Waals surface area contributed by atoms with Crippen LogP contribution in [0.4, 0.5) is 0 Å². The van der Waals surface area contributed by atoms with E-state index >= 15 is 0 Å². The summed E-state index contributed by atoms with van der Waals surface area (Å²) >= 11 is 5.07. The van der Waals surface area contributed by atoms with Crippen molar-refractivity contribution < 1.29 is 9.59 Å². The molecule has 0 bridgehead atoms. The molecule has 2 amide bonds. The molecular formula is C25H27BrN2O2S. The Morgan fingerprint density at radius 2 is 1.77 bits per heavy atom. The van der Waals surface area contributed by atoms with Gasteiger partial charge in [-0.05, 0) is 48.6 Å². The topological polar surface area (TPSA) is 40.6 Å². The van der Waals surface area contributed by atoms with E-state index in [1.807, 2.05) is 78.7 Å². The molecule has 4 nitrogen and oxygen atoms in total. The van der Waals surface area contributed by atoms with E-state index in [-0.39, 0.29) is 24.4 Å². The maximum Gasteiger partial charge on any atom is 0.254 e. The molecule has 1 heterocycles. The number of benzene rings is 2. The highest BCUT2D eigenvalue weighted by atomic mass is 79.9. The fourth-order valence-corrected chi connectivity index (χ4v) is 4.43. The Kier molecular flexibility index (Phi) is 8.43. The summed E-state index contributed by atoms with van der Waals surface area (Å²) in [5.41, 5.74) is 1.65. The highest BCUT2D eigenvalue weighted by Crippen LogP contribution is 2.18. The summed E-state index contributed by atoms with van der Waals surface area (Å²) in [5.74, 6) is -0.180. The van der Waals surface area contributed by atoms with Gasteiger partial charge >= 0.3 is 0 Å². The van der Waals surface area contributed by atoms with Crippen molar-refractivity contribution in [2.75, 3.05) is 6.54 Å². The van der Waals surface area contributed by atoms with Crippen LogP contribution in [0.15, 0.2) is 76.6 Å². The van der Waals surface area contributed by atoms with Gasteiger partial charge in [0.15, 0.2) is 0 Å². The molecule has 162 valence electrons. The van der Waals surface area contributed by atoms with Crippen LogP contribution >= 0.6 is 27.3 Å². The fraction of sp³-hybridized carbons (Fsp3) is 0.280. The van der Waals surface area contributed by atoms with E-state index in [1.54, 1.807) is 28.4 Å². The lowest BCUT2D eigenvalue weighted by Crippen LogP contribution is -2.46. The van der Waals surface area contributed by atoms with Crippen molar-refractivity contribution >= 4 is 39.1 Å². The third-order valence-corrected chi connectivity index (χ3v) is 6.61. The summed E-state index contributed by atoms with van der Waals surface area (Å²) in [4.78, 5) is 31.4. The number of amides is 2. The smallest absolute Gasteiger partial charge is 0.254 e. The zero-order valence-corrected chi connectivity index (χ0v) is 20.2. The van der Waals surface area contributed by atoms with Crippen LogP contribution in [-0.2, 0) is 17.9 Å². The van der Waals surface area contributed by atoms with Gasteiger partial charge in [0, 0.05) is 27.5 Å². The van der Waals surface area contributed by atoms with Gasteiger partial charge in [-0.2, -0.15) is 0 Å². The molecule has 1 unspecified atom stereocenters. The first-order valence-electron chi connectivity index (χ1n) is 10.4. The minimum Gasteiger partial charge on any atom is -0.332 e. The first kappa shape index (κ1) is 23.2. The second kappa shape index (κ2) is 11.3. The summed E-state index contributed by atoms with van der Waals surface area (Å²) in [6, 6.07) is 21.3. The van der Waals surface area contributed by atoms with Crippen LogP contribution in [0, 0.1) is 0 Å². The highest BCUT2D eigenvalue weighted by Gasteiger charge is 2.26. The van der Waals surface area contributed by atoms with Crippen molar-refractivity contribution in [1.82, 2.24) is 9.80 Å². The standard InChI is InChI=1S/C25H27BrN2O2S/c1-3-19(2)28(25(30)21-11-7-12-22(26)15-21)18-24(29)27(17-23-13-8-14-31-23)16-20-9-5-4-6-10-20/h4-15,19H,3,16-18H2,1-2H3. The van der Waals surface area contributed by atoms with Gasteiger partial charge in [-0.25, -0.2) is 0 Å². The molecular weight excluding hydrogens is 472 g/mol. The number of hydrogen-bond donors (Lipinski definition) is 0. The van der Waals surface area contributed by atoms with Gasteiger partial charge in [-0.1, -0.05) is 65.3 Å². The van der Waals surface area contributed by atoms with Crippen molar-refractivity contribution in [2.45, 2.75) is 39.4 Å². The van der Waals surface area contributed by atoms with Crippen LogP contribution in [-0.4, -0.2) is 34.2 Å². The molecule has 0 N–H and O–H groups in total. The number of carbonyl (C=O) groups is 2. The van der Waals surface area contributed by atoms with Crippen LogP contribution in [0.1, 0.15) is 41.1 Å². The first-order chi connectivity index (χ1) is 15.0. The molecule has 0 aliphatic heterocycles. The van der Waals surface area contributed by atoms with Gasteiger partial charge in [0.25, 0.3) is 5.91 Å². The van der Waals surface area contributed by atoms with E-state index in [4.69, 9.17) is 0 Å². The van der Waals surface area contributed by atoms with Crippen molar-refractivity contribution in [3.8, 4) is 0 Å². The minimum absolute atomic E-state index is 0.0456. The monoisotopic (exact) mass is 498 g/mol. The van der Waals surface area contributed by atoms with Gasteiger partial charge in [-0.3, -0.25) is 9.59 Å². The van der Waals surface area contributed by atoms with E-state index in [0.717, 1.165) is 21.3 Å². The molecule has 0 aliphatic carbocycles. The number of nitrogens with zero attached hydrogens (tertiary/aromatic N) is 2. The lowest BCUT2D eigenvalue weighted by atomic mass is 10.1. The van der Waals surface area contributed by atoms with Crippen molar-refractivity contribution in [3.63, 3.8) is 0 Å². The molecule has 0 aliphatic rings. The van der Waals surface area contributed by atoms with Gasteiger partial charge in [0.1, 0.15) is 6.54 Å². The Balaban J connectivity index is 1.82. The normalized spacial score (nSPS) is 11.7. The average molecular weight is 499 g/mol. The van der Waals surface area contributed by atoms with Crippen molar-refractivity contribution in [1.29, 1.82) is 0 Å². The Morgan fingerprint density at radius 1 is 1.00 bits per heavy atom. The number of halogens is 1. The summed E-state index contributed by atoms with van der Waals surface area (Å²) in [7, 11) is 0. The van der Waals surface area contributed by atoms with Crippen molar-refractivity contribution in [2.24, 2.45) is 0 Å². The maximum absolute atomic E-state index is 13.4. The van der Waals surface area contributed by atoms with Gasteiger partial charge < -0.3 is 9.80 Å². The summed E-state index contributed by atoms with van der Waals surface area (Å²) < 4.78 is 0.845. The van der Waals surface area contributed by atoms with E-state index in [1.165, 1.54) is 0 Å². The molecule has 3 aromatic rings. The second-order valence-electron chi connectivity index (χ2n) is 7.52. The molecule has 0 fully saturated rings. The predicted molar refractivity (Wildman–Crippen MR) is 130 cm³/mol. The van der Waals surface area contributed by atoms with Gasteiger partial charge in [0.2, 0.25) is 5.91 Å². The van der Waals surface area contributed by atoms with Crippen LogP contribution < -0.4 is 0 Å². The molecule has 1 atom stereocenters. The van der Waals surface area contributed by atoms with Gasteiger partial charge in [-0.15, -0.1) is 11.3 Å². The molecule has 3 rings (SSSR count). The van der Waals surface area contributed by atoms with E-state index in [0.29, 0.717) is 18.7 Å². The third kappa shape index (κ3) is 6.52. The average Bonchev–Trinajstić information content (AvgIpc) is 3.30. The van der Waals surface area contributed by atoms with Crippen LogP contribution in [0.3, 0.4) is 0 Å². The lowest BCUT2D eigenvalue weighted by Gasteiger charge is -2.31. The largest absolute Gasteiger partial charge is 0.332 e. The Bertz CT molecular complexity index is 992. The molecule has 31 heavy (non-hydrogen) atoms. The number of carbonyl (C=O) groups excluding carboxylic acids is 2. The zero-order valence-electron chi connectivity index (χ0n) is 17.8. The van der Waals surface area contributed by atoms with Crippen LogP contribution in [0.25, 0.3) is 0 Å². The number of thiophene rings is 1. The second-order valence-corrected chi connectivity index (χ2v) is 9.46. The first-order valence-corrected chi connectivity index (χ1v) is 12.1. The molecule has 6 heteroatoms. The van der Waals surface area contributed by atoms with E-state index in [2.05, 4.69) is 15.9 Å². The molecule has 2 aromatic carbocycles. The molecule has 1 aromatic heterocycles. The Labute approximate surface area is 196 Å². The number of hydrogen-bond acceptors (Lipinski definition) is 3. The molecule has 0 saturated carbocycles. The van der Waals surface area contributed by atoms with E-state index < -0.39 is 0 Å².